The summed E-state index contributed by atoms with van der Waals surface area (Å²) in [4.78, 5) is 29.1. The van der Waals surface area contributed by atoms with Gasteiger partial charge in [0, 0.05) is 32.1 Å². The molecule has 5 heteroatoms. The zero-order chi connectivity index (χ0) is 17.3. The Hall–Kier alpha value is -1.78. The van der Waals surface area contributed by atoms with E-state index < -0.39 is 0 Å². The van der Waals surface area contributed by atoms with E-state index in [9.17, 15) is 9.59 Å². The van der Waals surface area contributed by atoms with Crippen LogP contribution in [-0.2, 0) is 4.79 Å². The lowest BCUT2D eigenvalue weighted by Crippen LogP contribution is -2.41. The standard InChI is InChI=1S/C19H28N2O3/c1-13-6-9-20(10-7-13)18(22)8-11-21(16-4-5-16)19(23)17-12-14(2)24-15(17)3/h12-13,16H,4-11H2,1-3H3. The number of carbonyl (C=O) groups excluding carboxylic acids is 2. The van der Waals surface area contributed by atoms with Crippen molar-refractivity contribution >= 4 is 11.8 Å². The zero-order valence-electron chi connectivity index (χ0n) is 15.0. The van der Waals surface area contributed by atoms with Crippen LogP contribution >= 0.6 is 0 Å². The van der Waals surface area contributed by atoms with Gasteiger partial charge >= 0.3 is 0 Å². The van der Waals surface area contributed by atoms with Gasteiger partial charge in [-0.05, 0) is 51.5 Å². The molecule has 1 aliphatic heterocycles. The van der Waals surface area contributed by atoms with Crippen molar-refractivity contribution < 1.29 is 14.0 Å². The fraction of sp³-hybridized carbons (Fsp3) is 0.684. The molecule has 1 saturated carbocycles. The lowest BCUT2D eigenvalue weighted by atomic mass is 9.99. The van der Waals surface area contributed by atoms with Crippen molar-refractivity contribution in [2.24, 2.45) is 5.92 Å². The Morgan fingerprint density at radius 2 is 1.88 bits per heavy atom. The molecular weight excluding hydrogens is 304 g/mol. The third-order valence-electron chi connectivity index (χ3n) is 5.22. The van der Waals surface area contributed by atoms with Crippen LogP contribution in [0.15, 0.2) is 10.5 Å². The van der Waals surface area contributed by atoms with Crippen molar-refractivity contribution in [2.75, 3.05) is 19.6 Å². The third kappa shape index (κ3) is 3.82. The van der Waals surface area contributed by atoms with Gasteiger partial charge in [0.05, 0.1) is 5.56 Å². The predicted molar refractivity (Wildman–Crippen MR) is 91.8 cm³/mol. The lowest BCUT2D eigenvalue weighted by molar-refractivity contribution is -0.132. The summed E-state index contributed by atoms with van der Waals surface area (Å²) in [6, 6.07) is 2.10. The van der Waals surface area contributed by atoms with E-state index >= 15 is 0 Å². The van der Waals surface area contributed by atoms with Gasteiger partial charge in [0.15, 0.2) is 0 Å². The highest BCUT2D eigenvalue weighted by atomic mass is 16.3. The minimum Gasteiger partial charge on any atom is -0.466 e. The van der Waals surface area contributed by atoms with Gasteiger partial charge in [-0.25, -0.2) is 0 Å². The van der Waals surface area contributed by atoms with Crippen molar-refractivity contribution in [3.05, 3.63) is 23.2 Å². The highest BCUT2D eigenvalue weighted by Crippen LogP contribution is 2.30. The van der Waals surface area contributed by atoms with Gasteiger partial charge in [0.1, 0.15) is 11.5 Å². The average Bonchev–Trinajstić information content (AvgIpc) is 3.32. The number of rotatable bonds is 5. The molecule has 2 heterocycles. The number of nitrogens with zero attached hydrogens (tertiary/aromatic N) is 2. The molecule has 24 heavy (non-hydrogen) atoms. The van der Waals surface area contributed by atoms with Crippen LogP contribution in [0.4, 0.5) is 0 Å². The first kappa shape index (κ1) is 17.1. The van der Waals surface area contributed by atoms with E-state index in [0.29, 0.717) is 36.2 Å². The molecule has 5 nitrogen and oxygen atoms in total. The molecule has 0 N–H and O–H groups in total. The van der Waals surface area contributed by atoms with Crippen LogP contribution in [-0.4, -0.2) is 47.3 Å². The number of amides is 2. The smallest absolute Gasteiger partial charge is 0.257 e. The topological polar surface area (TPSA) is 53.8 Å². The maximum atomic E-state index is 12.8. The summed E-state index contributed by atoms with van der Waals surface area (Å²) in [5.74, 6) is 2.32. The average molecular weight is 332 g/mol. The molecule has 2 amide bonds. The van der Waals surface area contributed by atoms with Crippen molar-refractivity contribution in [1.82, 2.24) is 9.80 Å². The van der Waals surface area contributed by atoms with E-state index in [4.69, 9.17) is 4.42 Å². The maximum Gasteiger partial charge on any atom is 0.257 e. The monoisotopic (exact) mass is 332 g/mol. The van der Waals surface area contributed by atoms with E-state index in [-0.39, 0.29) is 11.8 Å². The predicted octanol–water partition coefficient (Wildman–Crippen LogP) is 3.15. The van der Waals surface area contributed by atoms with E-state index in [1.165, 1.54) is 0 Å². The summed E-state index contributed by atoms with van der Waals surface area (Å²) in [5.41, 5.74) is 0.638. The fourth-order valence-corrected chi connectivity index (χ4v) is 3.47. The summed E-state index contributed by atoms with van der Waals surface area (Å²) in [6.45, 7) is 8.15. The van der Waals surface area contributed by atoms with E-state index in [1.54, 1.807) is 6.07 Å². The highest BCUT2D eigenvalue weighted by Gasteiger charge is 2.34. The Morgan fingerprint density at radius 3 is 2.42 bits per heavy atom. The second-order valence-electron chi connectivity index (χ2n) is 7.37. The van der Waals surface area contributed by atoms with Gasteiger partial charge in [0.25, 0.3) is 5.91 Å². The molecule has 0 atom stereocenters. The summed E-state index contributed by atoms with van der Waals surface area (Å²) >= 11 is 0. The molecule has 1 aromatic heterocycles. The fourth-order valence-electron chi connectivity index (χ4n) is 3.47. The SMILES string of the molecule is Cc1cc(C(=O)N(CCC(=O)N2CCC(C)CC2)C2CC2)c(C)o1. The number of hydrogen-bond donors (Lipinski definition) is 0. The van der Waals surface area contributed by atoms with Crippen LogP contribution in [0.2, 0.25) is 0 Å². The second kappa shape index (κ2) is 6.99. The van der Waals surface area contributed by atoms with Crippen LogP contribution in [0.1, 0.15) is 60.9 Å². The molecule has 0 aromatic carbocycles. The van der Waals surface area contributed by atoms with Crippen LogP contribution in [0.5, 0.6) is 0 Å². The number of carbonyl (C=O) groups is 2. The molecule has 2 aliphatic rings. The number of hydrogen-bond acceptors (Lipinski definition) is 3. The molecule has 0 spiro atoms. The summed E-state index contributed by atoms with van der Waals surface area (Å²) < 4.78 is 5.49. The summed E-state index contributed by atoms with van der Waals surface area (Å²) in [6.07, 6.45) is 4.68. The molecule has 0 bridgehead atoms. The summed E-state index contributed by atoms with van der Waals surface area (Å²) in [7, 11) is 0. The number of piperidine rings is 1. The number of likely N-dealkylation sites (tertiary alicyclic amines) is 1. The molecule has 1 aromatic rings. The Balaban J connectivity index is 1.59. The molecular formula is C19H28N2O3. The molecule has 1 saturated heterocycles. The molecule has 1 aliphatic carbocycles. The van der Waals surface area contributed by atoms with Gasteiger partial charge in [-0.3, -0.25) is 9.59 Å². The van der Waals surface area contributed by atoms with Crippen LogP contribution in [0, 0.1) is 19.8 Å². The van der Waals surface area contributed by atoms with Gasteiger partial charge in [-0.15, -0.1) is 0 Å². The molecule has 132 valence electrons. The number of furan rings is 1. The third-order valence-corrected chi connectivity index (χ3v) is 5.22. The molecule has 2 fully saturated rings. The van der Waals surface area contributed by atoms with Crippen molar-refractivity contribution in [3.63, 3.8) is 0 Å². The van der Waals surface area contributed by atoms with E-state index in [1.807, 2.05) is 23.6 Å². The Bertz CT molecular complexity index is 610. The van der Waals surface area contributed by atoms with Crippen molar-refractivity contribution in [1.29, 1.82) is 0 Å². The minimum absolute atomic E-state index is 0.00640. The first-order valence-corrected chi connectivity index (χ1v) is 9.11. The molecule has 0 radical (unpaired) electrons. The second-order valence-corrected chi connectivity index (χ2v) is 7.37. The normalized spacial score (nSPS) is 18.7. The molecule has 0 unspecified atom stereocenters. The van der Waals surface area contributed by atoms with Crippen LogP contribution < -0.4 is 0 Å². The van der Waals surface area contributed by atoms with Gasteiger partial charge in [-0.2, -0.15) is 0 Å². The first-order valence-electron chi connectivity index (χ1n) is 9.11. The first-order chi connectivity index (χ1) is 11.5. The van der Waals surface area contributed by atoms with Gasteiger partial charge in [-0.1, -0.05) is 6.92 Å². The molecule has 3 rings (SSSR count). The lowest BCUT2D eigenvalue weighted by Gasteiger charge is -2.31. The quantitative estimate of drug-likeness (QED) is 0.832. The summed E-state index contributed by atoms with van der Waals surface area (Å²) in [5, 5.41) is 0. The largest absolute Gasteiger partial charge is 0.466 e. The zero-order valence-corrected chi connectivity index (χ0v) is 15.0. The minimum atomic E-state index is 0.00640. The Morgan fingerprint density at radius 1 is 1.21 bits per heavy atom. The van der Waals surface area contributed by atoms with E-state index in [0.717, 1.165) is 44.5 Å². The Labute approximate surface area is 144 Å². The van der Waals surface area contributed by atoms with Crippen molar-refractivity contribution in [3.8, 4) is 0 Å². The van der Waals surface area contributed by atoms with Crippen LogP contribution in [0.25, 0.3) is 0 Å². The van der Waals surface area contributed by atoms with Gasteiger partial charge in [0.2, 0.25) is 5.91 Å². The number of aryl methyl sites for hydroxylation is 2. The van der Waals surface area contributed by atoms with Crippen molar-refractivity contribution in [2.45, 2.75) is 58.9 Å². The van der Waals surface area contributed by atoms with Gasteiger partial charge < -0.3 is 14.2 Å². The maximum absolute atomic E-state index is 12.8. The van der Waals surface area contributed by atoms with Crippen LogP contribution in [0.3, 0.4) is 0 Å². The highest BCUT2D eigenvalue weighted by molar-refractivity contribution is 5.96. The van der Waals surface area contributed by atoms with E-state index in [2.05, 4.69) is 6.92 Å². The Kier molecular flexibility index (Phi) is 4.97.